The largest absolute Gasteiger partial charge is 0.463 e. The van der Waals surface area contributed by atoms with Crippen LogP contribution in [0.4, 0.5) is 14.9 Å². The summed E-state index contributed by atoms with van der Waals surface area (Å²) in [6.07, 6.45) is 2.92. The van der Waals surface area contributed by atoms with E-state index in [-0.39, 0.29) is 17.9 Å². The number of furan rings is 1. The van der Waals surface area contributed by atoms with Gasteiger partial charge in [-0.15, -0.1) is 0 Å². The highest BCUT2D eigenvalue weighted by molar-refractivity contribution is 7.20. The fourth-order valence-electron chi connectivity index (χ4n) is 4.42. The minimum absolute atomic E-state index is 0.0401. The van der Waals surface area contributed by atoms with Gasteiger partial charge in [0.2, 0.25) is 5.91 Å². The summed E-state index contributed by atoms with van der Waals surface area (Å²) in [6.45, 7) is 6.50. The molecule has 0 atom stereocenters. The molecule has 2 aromatic rings. The lowest BCUT2D eigenvalue weighted by molar-refractivity contribution is -0.121. The molecule has 3 aliphatic rings. The maximum Gasteiger partial charge on any atom is 0.320 e. The van der Waals surface area contributed by atoms with Crippen molar-refractivity contribution in [3.05, 3.63) is 18.4 Å². The van der Waals surface area contributed by atoms with E-state index in [0.717, 1.165) is 23.8 Å². The second-order valence-electron chi connectivity index (χ2n) is 8.38. The monoisotopic (exact) mass is 475 g/mol. The number of urea groups is 1. The molecule has 10 nitrogen and oxygen atoms in total. The zero-order chi connectivity index (χ0) is 22.6. The molecule has 0 aliphatic carbocycles. The zero-order valence-corrected chi connectivity index (χ0v) is 19.3. The fourth-order valence-corrected chi connectivity index (χ4v) is 5.44. The lowest BCUT2D eigenvalue weighted by atomic mass is 9.96. The van der Waals surface area contributed by atoms with E-state index in [4.69, 9.17) is 18.9 Å². The third-order valence-corrected chi connectivity index (χ3v) is 7.34. The molecule has 3 amide bonds. The number of likely N-dealkylation sites (tertiary alicyclic amines) is 1. The number of nitrogens with zero attached hydrogens (tertiary/aromatic N) is 4. The third kappa shape index (κ3) is 4.99. The number of hydrogen-bond donors (Lipinski definition) is 1. The van der Waals surface area contributed by atoms with Gasteiger partial charge in [-0.1, -0.05) is 11.3 Å². The number of carbonyl (C=O) groups is 2. The summed E-state index contributed by atoms with van der Waals surface area (Å²) in [7, 11) is 0. The average molecular weight is 476 g/mol. The molecule has 1 N–H and O–H groups in total. The van der Waals surface area contributed by atoms with E-state index < -0.39 is 0 Å². The first-order valence-corrected chi connectivity index (χ1v) is 12.3. The van der Waals surface area contributed by atoms with Crippen LogP contribution in [0.2, 0.25) is 0 Å². The van der Waals surface area contributed by atoms with Crippen LogP contribution in [0.25, 0.3) is 11.5 Å². The number of morpholine rings is 2. The van der Waals surface area contributed by atoms with Crippen molar-refractivity contribution < 1.29 is 23.5 Å². The van der Waals surface area contributed by atoms with Gasteiger partial charge in [-0.3, -0.25) is 4.79 Å². The molecular weight excluding hydrogens is 446 g/mol. The zero-order valence-electron chi connectivity index (χ0n) is 18.5. The number of carbonyl (C=O) groups excluding carboxylic acids is 2. The van der Waals surface area contributed by atoms with Crippen LogP contribution in [0.15, 0.2) is 22.8 Å². The van der Waals surface area contributed by atoms with Crippen molar-refractivity contribution in [3.63, 3.8) is 0 Å². The van der Waals surface area contributed by atoms with Crippen molar-refractivity contribution in [2.24, 2.45) is 5.92 Å². The summed E-state index contributed by atoms with van der Waals surface area (Å²) < 4.78 is 16.4. The minimum atomic E-state index is -0.137. The number of ether oxygens (including phenoxy) is 2. The normalized spacial score (nSPS) is 20.2. The quantitative estimate of drug-likeness (QED) is 0.724. The molecular formula is C22H29N5O5S. The number of amides is 3. The molecule has 5 heterocycles. The van der Waals surface area contributed by atoms with Crippen molar-refractivity contribution in [1.82, 2.24) is 14.8 Å². The van der Waals surface area contributed by atoms with Crippen LogP contribution in [0.3, 0.4) is 0 Å². The number of nitrogens with one attached hydrogen (secondary N) is 1. The van der Waals surface area contributed by atoms with Crippen LogP contribution in [-0.2, 0) is 14.3 Å². The van der Waals surface area contributed by atoms with Crippen molar-refractivity contribution >= 4 is 33.4 Å². The van der Waals surface area contributed by atoms with Gasteiger partial charge in [-0.25, -0.2) is 9.78 Å². The molecule has 0 saturated carbocycles. The van der Waals surface area contributed by atoms with E-state index in [2.05, 4.69) is 10.2 Å². The van der Waals surface area contributed by atoms with Gasteiger partial charge in [-0.05, 0) is 25.0 Å². The molecule has 3 fully saturated rings. The topological polar surface area (TPSA) is 100 Å². The first-order chi connectivity index (χ1) is 16.2. The van der Waals surface area contributed by atoms with Gasteiger partial charge in [0, 0.05) is 45.2 Å². The molecule has 2 aromatic heterocycles. The number of hydrogen-bond acceptors (Lipinski definition) is 8. The second-order valence-corrected chi connectivity index (χ2v) is 9.36. The Bertz CT molecular complexity index is 945. The Balaban J connectivity index is 1.21. The van der Waals surface area contributed by atoms with Gasteiger partial charge in [0.15, 0.2) is 10.9 Å². The van der Waals surface area contributed by atoms with Crippen molar-refractivity contribution in [1.29, 1.82) is 0 Å². The van der Waals surface area contributed by atoms with Crippen LogP contribution < -0.4 is 10.2 Å². The summed E-state index contributed by atoms with van der Waals surface area (Å²) in [4.78, 5) is 36.3. The van der Waals surface area contributed by atoms with E-state index >= 15 is 0 Å². The van der Waals surface area contributed by atoms with E-state index in [9.17, 15) is 9.59 Å². The fraction of sp³-hybridized carbons (Fsp3) is 0.591. The maximum absolute atomic E-state index is 13.0. The smallest absolute Gasteiger partial charge is 0.320 e. The summed E-state index contributed by atoms with van der Waals surface area (Å²) in [5, 5.41) is 4.57. The molecule has 0 unspecified atom stereocenters. The Morgan fingerprint density at radius 1 is 0.970 bits per heavy atom. The lowest BCUT2D eigenvalue weighted by Crippen LogP contribution is -2.51. The van der Waals surface area contributed by atoms with E-state index in [1.54, 1.807) is 6.26 Å². The van der Waals surface area contributed by atoms with Crippen LogP contribution in [-0.4, -0.2) is 92.4 Å². The van der Waals surface area contributed by atoms with Crippen molar-refractivity contribution in [2.45, 2.75) is 12.8 Å². The van der Waals surface area contributed by atoms with Crippen molar-refractivity contribution in [3.8, 4) is 11.5 Å². The highest BCUT2D eigenvalue weighted by Gasteiger charge is 2.31. The number of rotatable bonds is 4. The Kier molecular flexibility index (Phi) is 6.79. The average Bonchev–Trinajstić information content (AvgIpc) is 3.55. The Hall–Kier alpha value is -2.63. The molecule has 3 saturated heterocycles. The van der Waals surface area contributed by atoms with Gasteiger partial charge < -0.3 is 33.9 Å². The highest BCUT2D eigenvalue weighted by Crippen LogP contribution is 2.39. The summed E-state index contributed by atoms with van der Waals surface area (Å²) >= 11 is 1.47. The highest BCUT2D eigenvalue weighted by atomic mass is 32.1. The molecule has 5 rings (SSSR count). The van der Waals surface area contributed by atoms with E-state index in [1.807, 2.05) is 21.9 Å². The summed E-state index contributed by atoms with van der Waals surface area (Å²) in [5.74, 6) is 0.506. The SMILES string of the molecule is O=C(Nc1nc(-c2ccco2)c(N2CCOCC2)s1)C1CCN(C(=O)N2CCOCC2)CC1. The predicted octanol–water partition coefficient (Wildman–Crippen LogP) is 2.34. The number of thiazole rings is 1. The maximum atomic E-state index is 13.0. The molecule has 178 valence electrons. The Morgan fingerprint density at radius 2 is 1.64 bits per heavy atom. The lowest BCUT2D eigenvalue weighted by Gasteiger charge is -2.36. The van der Waals surface area contributed by atoms with Gasteiger partial charge in [-0.2, -0.15) is 0 Å². The second kappa shape index (κ2) is 10.1. The van der Waals surface area contributed by atoms with Crippen LogP contribution >= 0.6 is 11.3 Å². The van der Waals surface area contributed by atoms with Gasteiger partial charge in [0.1, 0.15) is 10.7 Å². The number of aromatic nitrogens is 1. The molecule has 0 spiro atoms. The molecule has 0 aromatic carbocycles. The van der Waals surface area contributed by atoms with Crippen LogP contribution in [0, 0.1) is 5.92 Å². The Morgan fingerprint density at radius 3 is 2.30 bits per heavy atom. The molecule has 0 bridgehead atoms. The predicted molar refractivity (Wildman–Crippen MR) is 124 cm³/mol. The van der Waals surface area contributed by atoms with Crippen LogP contribution in [0.1, 0.15) is 12.8 Å². The van der Waals surface area contributed by atoms with Gasteiger partial charge in [0.25, 0.3) is 0 Å². The van der Waals surface area contributed by atoms with Crippen LogP contribution in [0.5, 0.6) is 0 Å². The summed E-state index contributed by atoms with van der Waals surface area (Å²) in [6, 6.07) is 3.77. The van der Waals surface area contributed by atoms with E-state index in [0.29, 0.717) is 76.3 Å². The molecule has 0 radical (unpaired) electrons. The first-order valence-electron chi connectivity index (χ1n) is 11.5. The third-order valence-electron chi connectivity index (χ3n) is 6.31. The summed E-state index contributed by atoms with van der Waals surface area (Å²) in [5.41, 5.74) is 0.744. The number of piperidine rings is 1. The van der Waals surface area contributed by atoms with Gasteiger partial charge >= 0.3 is 6.03 Å². The standard InChI is InChI=1S/C22H29N5O5S/c28-19(16-3-5-26(6-4-16)22(29)27-9-14-31-15-10-27)24-21-23-18(17-2-1-11-32-17)20(33-21)25-7-12-30-13-8-25/h1-2,11,16H,3-10,12-15H2,(H,23,24,28). The Labute approximate surface area is 196 Å². The van der Waals surface area contributed by atoms with Crippen molar-refractivity contribution in [2.75, 3.05) is 75.9 Å². The van der Waals surface area contributed by atoms with E-state index in [1.165, 1.54) is 11.3 Å². The molecule has 3 aliphatic heterocycles. The first kappa shape index (κ1) is 22.2. The van der Waals surface area contributed by atoms with Gasteiger partial charge in [0.05, 0.1) is 32.7 Å². The molecule has 33 heavy (non-hydrogen) atoms. The molecule has 11 heteroatoms. The number of anilines is 2. The minimum Gasteiger partial charge on any atom is -0.463 e.